The Hall–Kier alpha value is -2.69. The molecule has 1 aromatic rings. The Labute approximate surface area is 174 Å². The predicted molar refractivity (Wildman–Crippen MR) is 103 cm³/mol. The van der Waals surface area contributed by atoms with Crippen LogP contribution < -0.4 is 15.2 Å². The van der Waals surface area contributed by atoms with E-state index >= 15 is 0 Å². The minimum atomic E-state index is -0.961. The fraction of sp³-hybridized carbons (Fsp3) is 0.550. The van der Waals surface area contributed by atoms with Crippen molar-refractivity contribution < 1.29 is 42.8 Å². The van der Waals surface area contributed by atoms with Crippen LogP contribution in [0.1, 0.15) is 30.1 Å². The number of hydrogen-bond donors (Lipinski definition) is 1. The molecule has 2 rings (SSSR count). The van der Waals surface area contributed by atoms with Crippen molar-refractivity contribution in [2.75, 3.05) is 33.5 Å². The van der Waals surface area contributed by atoms with Gasteiger partial charge in [0.25, 0.3) is 0 Å². The van der Waals surface area contributed by atoms with Crippen molar-refractivity contribution in [2.24, 2.45) is 5.73 Å². The van der Waals surface area contributed by atoms with E-state index in [1.54, 1.807) is 18.2 Å². The van der Waals surface area contributed by atoms with Crippen LogP contribution in [0.5, 0.6) is 11.5 Å². The quantitative estimate of drug-likeness (QED) is 0.309. The molecule has 0 amide bonds. The standard InChI is InChI=1S/C20H27NO9/c1-13(23)28-16-10-18(20(24)25-2)30-19(11-16)29-17-9-15(4-3-14(17)12-22)27-8-7-26-6-5-21/h3-4,9,12,16,18-19H,5-8,10-11,21H2,1-2H3/t16-,18?,19+/m0/s1. The zero-order valence-corrected chi connectivity index (χ0v) is 17.0. The van der Waals surface area contributed by atoms with Crippen molar-refractivity contribution in [2.45, 2.75) is 38.3 Å². The van der Waals surface area contributed by atoms with E-state index in [0.717, 1.165) is 0 Å². The highest BCUT2D eigenvalue weighted by Crippen LogP contribution is 2.29. The minimum Gasteiger partial charge on any atom is -0.491 e. The molecule has 1 saturated heterocycles. The smallest absolute Gasteiger partial charge is 0.335 e. The predicted octanol–water partition coefficient (Wildman–Crippen LogP) is 0.842. The minimum absolute atomic E-state index is 0.151. The molecule has 1 fully saturated rings. The van der Waals surface area contributed by atoms with Gasteiger partial charge in [0, 0.05) is 32.4 Å². The van der Waals surface area contributed by atoms with Crippen LogP contribution in [0.15, 0.2) is 18.2 Å². The summed E-state index contributed by atoms with van der Waals surface area (Å²) in [6, 6.07) is 4.71. The van der Waals surface area contributed by atoms with Gasteiger partial charge in [0.15, 0.2) is 12.4 Å². The number of methoxy groups -OCH3 is 1. The summed E-state index contributed by atoms with van der Waals surface area (Å²) >= 11 is 0. The monoisotopic (exact) mass is 425 g/mol. The molecular weight excluding hydrogens is 398 g/mol. The maximum absolute atomic E-state index is 11.9. The van der Waals surface area contributed by atoms with Gasteiger partial charge in [0.05, 0.1) is 25.9 Å². The third kappa shape index (κ3) is 7.29. The van der Waals surface area contributed by atoms with Gasteiger partial charge < -0.3 is 34.2 Å². The lowest BCUT2D eigenvalue weighted by Gasteiger charge is -2.33. The molecular formula is C20H27NO9. The molecule has 166 valence electrons. The fourth-order valence-electron chi connectivity index (χ4n) is 2.88. The summed E-state index contributed by atoms with van der Waals surface area (Å²) in [6.45, 7) is 2.79. The summed E-state index contributed by atoms with van der Waals surface area (Å²) in [5.41, 5.74) is 5.63. The Kier molecular flexibility index (Phi) is 9.52. The molecule has 0 radical (unpaired) electrons. The highest BCUT2D eigenvalue weighted by atomic mass is 16.7. The number of rotatable bonds is 11. The molecule has 2 N–H and O–H groups in total. The molecule has 0 aliphatic carbocycles. The Bertz CT molecular complexity index is 724. The van der Waals surface area contributed by atoms with Crippen molar-refractivity contribution in [1.82, 2.24) is 0 Å². The van der Waals surface area contributed by atoms with Crippen LogP contribution in [0.3, 0.4) is 0 Å². The normalized spacial score (nSPS) is 20.8. The molecule has 30 heavy (non-hydrogen) atoms. The van der Waals surface area contributed by atoms with Crippen LogP contribution in [-0.4, -0.2) is 70.2 Å². The molecule has 0 bridgehead atoms. The number of aldehydes is 1. The first-order valence-corrected chi connectivity index (χ1v) is 9.53. The van der Waals surface area contributed by atoms with Crippen molar-refractivity contribution in [1.29, 1.82) is 0 Å². The molecule has 1 aliphatic heterocycles. The van der Waals surface area contributed by atoms with Gasteiger partial charge in [0.1, 0.15) is 24.2 Å². The van der Waals surface area contributed by atoms with E-state index < -0.39 is 30.4 Å². The van der Waals surface area contributed by atoms with Gasteiger partial charge >= 0.3 is 11.9 Å². The summed E-state index contributed by atoms with van der Waals surface area (Å²) in [5.74, 6) is -0.415. The molecule has 0 spiro atoms. The summed E-state index contributed by atoms with van der Waals surface area (Å²) in [4.78, 5) is 34.7. The first-order chi connectivity index (χ1) is 14.5. The van der Waals surface area contributed by atoms with Crippen LogP contribution in [0, 0.1) is 0 Å². The Balaban J connectivity index is 2.08. The third-order valence-corrected chi connectivity index (χ3v) is 4.17. The Morgan fingerprint density at radius 1 is 1.23 bits per heavy atom. The summed E-state index contributed by atoms with van der Waals surface area (Å²) < 4.78 is 32.2. The van der Waals surface area contributed by atoms with E-state index in [-0.39, 0.29) is 24.2 Å². The van der Waals surface area contributed by atoms with E-state index in [1.165, 1.54) is 14.0 Å². The van der Waals surface area contributed by atoms with E-state index in [2.05, 4.69) is 0 Å². The van der Waals surface area contributed by atoms with Gasteiger partial charge in [-0.15, -0.1) is 0 Å². The molecule has 10 heteroatoms. The number of carbonyl (C=O) groups excluding carboxylic acids is 3. The van der Waals surface area contributed by atoms with Gasteiger partial charge in [-0.05, 0) is 12.1 Å². The molecule has 1 heterocycles. The molecule has 1 aromatic carbocycles. The lowest BCUT2D eigenvalue weighted by atomic mass is 10.0. The number of carbonyl (C=O) groups is 3. The zero-order chi connectivity index (χ0) is 21.9. The van der Waals surface area contributed by atoms with Crippen LogP contribution in [0.2, 0.25) is 0 Å². The molecule has 1 unspecified atom stereocenters. The number of hydrogen-bond acceptors (Lipinski definition) is 10. The number of nitrogens with two attached hydrogens (primary N) is 1. The average Bonchev–Trinajstić information content (AvgIpc) is 2.72. The highest BCUT2D eigenvalue weighted by molar-refractivity contribution is 5.79. The van der Waals surface area contributed by atoms with E-state index in [1.807, 2.05) is 0 Å². The van der Waals surface area contributed by atoms with Gasteiger partial charge in [-0.3, -0.25) is 9.59 Å². The summed E-state index contributed by atoms with van der Waals surface area (Å²) in [7, 11) is 1.24. The number of ether oxygens (including phenoxy) is 6. The highest BCUT2D eigenvalue weighted by Gasteiger charge is 2.37. The van der Waals surface area contributed by atoms with Crippen LogP contribution in [0.4, 0.5) is 0 Å². The van der Waals surface area contributed by atoms with Crippen molar-refractivity contribution >= 4 is 18.2 Å². The average molecular weight is 425 g/mol. The first-order valence-electron chi connectivity index (χ1n) is 9.53. The molecule has 1 aliphatic rings. The first kappa shape index (κ1) is 23.6. The lowest BCUT2D eigenvalue weighted by Crippen LogP contribution is -2.44. The Morgan fingerprint density at radius 3 is 2.70 bits per heavy atom. The second kappa shape index (κ2) is 12.1. The van der Waals surface area contributed by atoms with Crippen molar-refractivity contribution in [3.8, 4) is 11.5 Å². The van der Waals surface area contributed by atoms with E-state index in [0.29, 0.717) is 38.4 Å². The third-order valence-electron chi connectivity index (χ3n) is 4.17. The zero-order valence-electron chi connectivity index (χ0n) is 17.0. The van der Waals surface area contributed by atoms with E-state index in [9.17, 15) is 14.4 Å². The lowest BCUT2D eigenvalue weighted by molar-refractivity contribution is -0.204. The second-order valence-electron chi connectivity index (χ2n) is 6.47. The van der Waals surface area contributed by atoms with Crippen LogP contribution >= 0.6 is 0 Å². The second-order valence-corrected chi connectivity index (χ2v) is 6.47. The maximum atomic E-state index is 11.9. The SMILES string of the molecule is COC(=O)C1C[C@H](OC(C)=O)C[C@H](Oc2cc(OCCOCCN)ccc2C=O)O1. The molecule has 10 nitrogen and oxygen atoms in total. The maximum Gasteiger partial charge on any atom is 0.335 e. The topological polar surface area (TPSA) is 133 Å². The van der Waals surface area contributed by atoms with Gasteiger partial charge in [-0.2, -0.15) is 0 Å². The Morgan fingerprint density at radius 2 is 2.03 bits per heavy atom. The van der Waals surface area contributed by atoms with Gasteiger partial charge in [0.2, 0.25) is 6.29 Å². The van der Waals surface area contributed by atoms with Crippen molar-refractivity contribution in [3.63, 3.8) is 0 Å². The fourth-order valence-corrected chi connectivity index (χ4v) is 2.88. The van der Waals surface area contributed by atoms with E-state index in [4.69, 9.17) is 34.2 Å². The summed E-state index contributed by atoms with van der Waals surface area (Å²) in [6.07, 6.45) is -1.52. The van der Waals surface area contributed by atoms with Gasteiger partial charge in [-0.1, -0.05) is 0 Å². The molecule has 0 aromatic heterocycles. The van der Waals surface area contributed by atoms with Crippen LogP contribution in [0.25, 0.3) is 0 Å². The molecule has 0 saturated carbocycles. The number of esters is 2. The van der Waals surface area contributed by atoms with Gasteiger partial charge in [-0.25, -0.2) is 4.79 Å². The summed E-state index contributed by atoms with van der Waals surface area (Å²) in [5, 5.41) is 0. The van der Waals surface area contributed by atoms with Crippen LogP contribution in [-0.2, 0) is 28.5 Å². The molecule has 3 atom stereocenters. The van der Waals surface area contributed by atoms with Crippen molar-refractivity contribution in [3.05, 3.63) is 23.8 Å². The largest absolute Gasteiger partial charge is 0.491 e. The number of benzene rings is 1.